The van der Waals surface area contributed by atoms with Crippen LogP contribution in [0.3, 0.4) is 0 Å². The van der Waals surface area contributed by atoms with E-state index in [2.05, 4.69) is 30.1 Å². The van der Waals surface area contributed by atoms with E-state index in [4.69, 9.17) is 16.0 Å². The third-order valence-electron chi connectivity index (χ3n) is 5.88. The van der Waals surface area contributed by atoms with Gasteiger partial charge >= 0.3 is 0 Å². The molecule has 5 heteroatoms. The first-order chi connectivity index (χ1) is 14.5. The maximum absolute atomic E-state index is 13.3. The summed E-state index contributed by atoms with van der Waals surface area (Å²) in [5, 5.41) is 0.706. The van der Waals surface area contributed by atoms with Crippen molar-refractivity contribution in [1.29, 1.82) is 0 Å². The lowest BCUT2D eigenvalue weighted by atomic mass is 9.78. The zero-order chi connectivity index (χ0) is 21.1. The van der Waals surface area contributed by atoms with E-state index in [1.807, 2.05) is 36.4 Å². The summed E-state index contributed by atoms with van der Waals surface area (Å²) in [6.45, 7) is 0. The zero-order valence-corrected chi connectivity index (χ0v) is 18.1. The number of allylic oxidation sites excluding steroid dienone is 1. The van der Waals surface area contributed by atoms with Crippen LogP contribution in [0.4, 0.5) is 4.39 Å². The smallest absolute Gasteiger partial charge is 0.219 e. The predicted octanol–water partition coefficient (Wildman–Crippen LogP) is 7.01. The highest BCUT2D eigenvalue weighted by Gasteiger charge is 2.28. The number of nitrogens with zero attached hydrogens (tertiary/aromatic N) is 2. The van der Waals surface area contributed by atoms with Crippen LogP contribution >= 0.6 is 11.6 Å². The van der Waals surface area contributed by atoms with Crippen molar-refractivity contribution < 1.29 is 8.81 Å². The van der Waals surface area contributed by atoms with Gasteiger partial charge in [0.15, 0.2) is 0 Å². The fourth-order valence-corrected chi connectivity index (χ4v) is 4.53. The Morgan fingerprint density at radius 1 is 1.07 bits per heavy atom. The second-order valence-electron chi connectivity index (χ2n) is 8.18. The summed E-state index contributed by atoms with van der Waals surface area (Å²) in [4.78, 5) is 6.86. The highest BCUT2D eigenvalue weighted by atomic mass is 35.5. The molecule has 1 aliphatic carbocycles. The fraction of sp³-hybridized carbons (Fsp3) is 0.320. The molecule has 0 saturated heterocycles. The van der Waals surface area contributed by atoms with E-state index in [-0.39, 0.29) is 5.82 Å². The van der Waals surface area contributed by atoms with Crippen molar-refractivity contribution in [3.05, 3.63) is 82.7 Å². The van der Waals surface area contributed by atoms with Gasteiger partial charge in [-0.25, -0.2) is 9.37 Å². The van der Waals surface area contributed by atoms with Gasteiger partial charge in [-0.1, -0.05) is 41.4 Å². The average molecular weight is 425 g/mol. The number of oxazole rings is 1. The minimum absolute atomic E-state index is 0.186. The number of benzene rings is 2. The van der Waals surface area contributed by atoms with Crippen LogP contribution in [0, 0.1) is 11.7 Å². The molecule has 1 aliphatic rings. The topological polar surface area (TPSA) is 29.3 Å². The van der Waals surface area contributed by atoms with Crippen molar-refractivity contribution in [3.63, 3.8) is 0 Å². The number of hydrogen-bond acceptors (Lipinski definition) is 3. The van der Waals surface area contributed by atoms with Crippen molar-refractivity contribution in [2.24, 2.45) is 5.92 Å². The molecule has 1 atom stereocenters. The third kappa shape index (κ3) is 4.82. The zero-order valence-electron chi connectivity index (χ0n) is 17.3. The molecule has 0 amide bonds. The van der Waals surface area contributed by atoms with Gasteiger partial charge in [0.1, 0.15) is 17.8 Å². The molecule has 30 heavy (non-hydrogen) atoms. The molecule has 2 aromatic carbocycles. The van der Waals surface area contributed by atoms with Crippen LogP contribution in [-0.4, -0.2) is 24.0 Å². The minimum Gasteiger partial charge on any atom is -0.444 e. The van der Waals surface area contributed by atoms with Gasteiger partial charge in [-0.05, 0) is 81.6 Å². The molecule has 0 bridgehead atoms. The highest BCUT2D eigenvalue weighted by Crippen LogP contribution is 2.39. The monoisotopic (exact) mass is 424 g/mol. The molecule has 1 unspecified atom stereocenters. The first-order valence-corrected chi connectivity index (χ1v) is 10.7. The van der Waals surface area contributed by atoms with Crippen LogP contribution in [0.15, 0.2) is 64.8 Å². The van der Waals surface area contributed by atoms with Gasteiger partial charge in [0.05, 0.1) is 0 Å². The maximum Gasteiger partial charge on any atom is 0.219 e. The summed E-state index contributed by atoms with van der Waals surface area (Å²) < 4.78 is 19.0. The lowest BCUT2D eigenvalue weighted by Gasteiger charge is -2.36. The third-order valence-corrected chi connectivity index (χ3v) is 6.13. The van der Waals surface area contributed by atoms with Crippen LogP contribution in [0.25, 0.3) is 17.3 Å². The summed E-state index contributed by atoms with van der Waals surface area (Å²) in [5.41, 5.74) is 4.35. The summed E-state index contributed by atoms with van der Waals surface area (Å²) in [6, 6.07) is 14.8. The van der Waals surface area contributed by atoms with Crippen LogP contribution < -0.4 is 0 Å². The maximum atomic E-state index is 13.3. The van der Waals surface area contributed by atoms with Crippen molar-refractivity contribution in [1.82, 2.24) is 9.88 Å². The summed E-state index contributed by atoms with van der Waals surface area (Å²) in [7, 11) is 4.20. The van der Waals surface area contributed by atoms with Gasteiger partial charge < -0.3 is 9.32 Å². The predicted molar refractivity (Wildman–Crippen MR) is 120 cm³/mol. The molecule has 1 aromatic heterocycles. The van der Waals surface area contributed by atoms with Crippen molar-refractivity contribution in [2.45, 2.75) is 31.7 Å². The lowest BCUT2D eigenvalue weighted by Crippen LogP contribution is -2.29. The number of hydrogen-bond donors (Lipinski definition) is 0. The molecule has 0 radical (unpaired) electrons. The molecular weight excluding hydrogens is 399 g/mol. The van der Waals surface area contributed by atoms with E-state index in [1.54, 1.807) is 18.4 Å². The van der Waals surface area contributed by atoms with E-state index in [0.29, 0.717) is 22.9 Å². The fourth-order valence-electron chi connectivity index (χ4n) is 4.40. The second kappa shape index (κ2) is 9.15. The van der Waals surface area contributed by atoms with Crippen molar-refractivity contribution in [2.75, 3.05) is 14.1 Å². The average Bonchev–Trinajstić information content (AvgIpc) is 3.20. The molecule has 1 heterocycles. The molecule has 1 fully saturated rings. The number of halogens is 2. The normalized spacial score (nSPS) is 17.9. The van der Waals surface area contributed by atoms with Gasteiger partial charge in [-0.2, -0.15) is 0 Å². The van der Waals surface area contributed by atoms with Gasteiger partial charge in [0, 0.05) is 16.6 Å². The van der Waals surface area contributed by atoms with Gasteiger partial charge in [0.2, 0.25) is 5.89 Å². The molecule has 3 aromatic rings. The Kier molecular flexibility index (Phi) is 6.35. The Morgan fingerprint density at radius 3 is 2.37 bits per heavy atom. The van der Waals surface area contributed by atoms with Crippen molar-refractivity contribution in [3.8, 4) is 11.3 Å². The van der Waals surface area contributed by atoms with Gasteiger partial charge in [-0.15, -0.1) is 0 Å². The van der Waals surface area contributed by atoms with Crippen LogP contribution in [0.2, 0.25) is 5.02 Å². The van der Waals surface area contributed by atoms with Crippen molar-refractivity contribution >= 4 is 17.7 Å². The molecule has 0 N–H and O–H groups in total. The summed E-state index contributed by atoms with van der Waals surface area (Å²) >= 11 is 5.96. The SMILES string of the molecule is CN(C)C(c1ccc(F)cc1)C1CCC(=Cc2nc(-c3ccc(Cl)cc3)co2)CC1. The van der Waals surface area contributed by atoms with E-state index < -0.39 is 0 Å². The standard InChI is InChI=1S/C25H26ClFN2O/c1-29(2)25(20-9-13-22(27)14-10-20)19-5-3-17(4-6-19)15-24-28-23(16-30-24)18-7-11-21(26)12-8-18/h7-16,19,25H,3-6H2,1-2H3. The van der Waals surface area contributed by atoms with Crippen LogP contribution in [-0.2, 0) is 0 Å². The first-order valence-electron chi connectivity index (χ1n) is 10.3. The first kappa shape index (κ1) is 20.8. The molecule has 0 spiro atoms. The van der Waals surface area contributed by atoms with Crippen LogP contribution in [0.1, 0.15) is 43.2 Å². The highest BCUT2D eigenvalue weighted by molar-refractivity contribution is 6.30. The lowest BCUT2D eigenvalue weighted by molar-refractivity contribution is 0.183. The molecule has 1 saturated carbocycles. The Morgan fingerprint density at radius 2 is 1.73 bits per heavy atom. The Bertz CT molecular complexity index is 998. The van der Waals surface area contributed by atoms with E-state index in [9.17, 15) is 4.39 Å². The molecular formula is C25H26ClFN2O. The molecule has 0 aliphatic heterocycles. The Labute approximate surface area is 182 Å². The van der Waals surface area contributed by atoms with Gasteiger partial charge in [-0.3, -0.25) is 0 Å². The van der Waals surface area contributed by atoms with Crippen LogP contribution in [0.5, 0.6) is 0 Å². The summed E-state index contributed by atoms with van der Waals surface area (Å²) in [5.74, 6) is 1.00. The largest absolute Gasteiger partial charge is 0.444 e. The van der Waals surface area contributed by atoms with E-state index in [1.165, 1.54) is 11.1 Å². The molecule has 4 rings (SSSR count). The minimum atomic E-state index is -0.186. The number of aromatic nitrogens is 1. The second-order valence-corrected chi connectivity index (χ2v) is 8.61. The summed E-state index contributed by atoms with van der Waals surface area (Å²) in [6.07, 6.45) is 8.01. The molecule has 156 valence electrons. The van der Waals surface area contributed by atoms with E-state index in [0.717, 1.165) is 36.9 Å². The Hall–Kier alpha value is -2.43. The number of rotatable bonds is 5. The quantitative estimate of drug-likeness (QED) is 0.441. The van der Waals surface area contributed by atoms with E-state index >= 15 is 0 Å². The van der Waals surface area contributed by atoms with Gasteiger partial charge in [0.25, 0.3) is 0 Å². The Balaban J connectivity index is 1.43. The molecule has 3 nitrogen and oxygen atoms in total.